The van der Waals surface area contributed by atoms with Crippen molar-refractivity contribution in [1.29, 1.82) is 0 Å². The average Bonchev–Trinajstić information content (AvgIpc) is 2.27. The predicted molar refractivity (Wildman–Crippen MR) is 68.7 cm³/mol. The van der Waals surface area contributed by atoms with E-state index in [1.54, 1.807) is 11.8 Å². The van der Waals surface area contributed by atoms with E-state index in [2.05, 4.69) is 10.6 Å². The van der Waals surface area contributed by atoms with Gasteiger partial charge in [0.1, 0.15) is 0 Å². The summed E-state index contributed by atoms with van der Waals surface area (Å²) >= 11 is 0. The highest BCUT2D eigenvalue weighted by Crippen LogP contribution is 2.10. The summed E-state index contributed by atoms with van der Waals surface area (Å²) in [6, 6.07) is -0.508. The second kappa shape index (κ2) is 6.96. The number of carboxylic acid groups (broad SMARTS) is 1. The van der Waals surface area contributed by atoms with Gasteiger partial charge in [0, 0.05) is 32.1 Å². The number of carbonyl (C=O) groups excluding carboxylic acids is 2. The van der Waals surface area contributed by atoms with Gasteiger partial charge in [0.25, 0.3) is 0 Å². The highest BCUT2D eigenvalue weighted by atomic mass is 16.4. The summed E-state index contributed by atoms with van der Waals surface area (Å²) < 4.78 is 0. The molecule has 0 spiro atoms. The van der Waals surface area contributed by atoms with E-state index in [1.807, 2.05) is 0 Å². The fraction of sp³-hybridized carbons (Fsp3) is 0.750. The lowest BCUT2D eigenvalue weighted by Gasteiger charge is -2.32. The second-order valence-corrected chi connectivity index (χ2v) is 4.91. The van der Waals surface area contributed by atoms with E-state index in [4.69, 9.17) is 5.11 Å². The Morgan fingerprint density at radius 1 is 1.32 bits per heavy atom. The fourth-order valence-electron chi connectivity index (χ4n) is 2.13. The Bertz CT molecular complexity index is 351. The lowest BCUT2D eigenvalue weighted by Crippen LogP contribution is -2.50. The molecular formula is C12H21N3O4. The standard InChI is InChI=1S/C12H21N3O4/c1-8(7-11(17)18)13-12(19)15-5-3-10(4-6-15)14-9(2)16/h8,10H,3-7H2,1-2H3,(H,13,19)(H,14,16)(H,17,18). The van der Waals surface area contributed by atoms with Crippen LogP contribution in [-0.2, 0) is 9.59 Å². The zero-order valence-electron chi connectivity index (χ0n) is 11.3. The Morgan fingerprint density at radius 2 is 1.89 bits per heavy atom. The number of aliphatic carboxylic acids is 1. The van der Waals surface area contributed by atoms with Crippen molar-refractivity contribution < 1.29 is 19.5 Å². The van der Waals surface area contributed by atoms with E-state index < -0.39 is 12.0 Å². The van der Waals surface area contributed by atoms with E-state index >= 15 is 0 Å². The van der Waals surface area contributed by atoms with Gasteiger partial charge in [0.2, 0.25) is 5.91 Å². The van der Waals surface area contributed by atoms with Crippen LogP contribution in [0.2, 0.25) is 0 Å². The van der Waals surface area contributed by atoms with Gasteiger partial charge in [-0.1, -0.05) is 0 Å². The van der Waals surface area contributed by atoms with Crippen LogP contribution in [-0.4, -0.2) is 53.1 Å². The molecule has 1 atom stereocenters. The summed E-state index contributed by atoms with van der Waals surface area (Å²) in [5.41, 5.74) is 0. The number of rotatable bonds is 4. The van der Waals surface area contributed by atoms with Crippen molar-refractivity contribution in [3.05, 3.63) is 0 Å². The number of amides is 3. The van der Waals surface area contributed by atoms with Crippen LogP contribution >= 0.6 is 0 Å². The molecule has 3 amide bonds. The van der Waals surface area contributed by atoms with Gasteiger partial charge < -0.3 is 20.6 Å². The van der Waals surface area contributed by atoms with E-state index in [-0.39, 0.29) is 24.4 Å². The van der Waals surface area contributed by atoms with Crippen LogP contribution in [0.1, 0.15) is 33.1 Å². The number of nitrogens with zero attached hydrogens (tertiary/aromatic N) is 1. The molecule has 1 fully saturated rings. The molecule has 0 aliphatic carbocycles. The molecule has 0 aromatic carbocycles. The third-order valence-corrected chi connectivity index (χ3v) is 3.04. The molecule has 1 aliphatic heterocycles. The zero-order valence-corrected chi connectivity index (χ0v) is 11.3. The lowest BCUT2D eigenvalue weighted by molar-refractivity contribution is -0.137. The number of carbonyl (C=O) groups is 3. The Balaban J connectivity index is 2.32. The summed E-state index contributed by atoms with van der Waals surface area (Å²) in [5.74, 6) is -0.991. The maximum atomic E-state index is 11.9. The van der Waals surface area contributed by atoms with E-state index in [0.717, 1.165) is 12.8 Å². The smallest absolute Gasteiger partial charge is 0.317 e. The van der Waals surface area contributed by atoms with Crippen LogP contribution in [0.3, 0.4) is 0 Å². The fourth-order valence-corrected chi connectivity index (χ4v) is 2.13. The van der Waals surface area contributed by atoms with Crippen LogP contribution in [0.25, 0.3) is 0 Å². The van der Waals surface area contributed by atoms with Gasteiger partial charge in [-0.3, -0.25) is 9.59 Å². The number of hydrogen-bond acceptors (Lipinski definition) is 3. The summed E-state index contributed by atoms with van der Waals surface area (Å²) in [7, 11) is 0. The monoisotopic (exact) mass is 271 g/mol. The Morgan fingerprint density at radius 3 is 2.37 bits per heavy atom. The maximum Gasteiger partial charge on any atom is 0.317 e. The van der Waals surface area contributed by atoms with Crippen LogP contribution in [0.15, 0.2) is 0 Å². The first-order chi connectivity index (χ1) is 8.88. The number of likely N-dealkylation sites (tertiary alicyclic amines) is 1. The molecule has 1 saturated heterocycles. The molecule has 7 heteroatoms. The van der Waals surface area contributed by atoms with Crippen molar-refractivity contribution in [3.63, 3.8) is 0 Å². The summed E-state index contributed by atoms with van der Waals surface area (Å²) in [4.78, 5) is 34.9. The van der Waals surface area contributed by atoms with Crippen LogP contribution in [0, 0.1) is 0 Å². The molecule has 108 valence electrons. The van der Waals surface area contributed by atoms with Crippen LogP contribution in [0.4, 0.5) is 4.79 Å². The minimum absolute atomic E-state index is 0.0574. The Labute approximate surface area is 112 Å². The second-order valence-electron chi connectivity index (χ2n) is 4.91. The van der Waals surface area contributed by atoms with Gasteiger partial charge >= 0.3 is 12.0 Å². The number of piperidine rings is 1. The topological polar surface area (TPSA) is 98.7 Å². The number of urea groups is 1. The highest BCUT2D eigenvalue weighted by Gasteiger charge is 2.24. The van der Waals surface area contributed by atoms with E-state index in [9.17, 15) is 14.4 Å². The molecule has 0 aromatic rings. The van der Waals surface area contributed by atoms with Crippen molar-refractivity contribution in [2.24, 2.45) is 0 Å². The minimum atomic E-state index is -0.933. The number of nitrogens with one attached hydrogen (secondary N) is 2. The van der Waals surface area contributed by atoms with Gasteiger partial charge in [-0.05, 0) is 19.8 Å². The van der Waals surface area contributed by atoms with Crippen molar-refractivity contribution >= 4 is 17.9 Å². The summed E-state index contributed by atoms with van der Waals surface area (Å²) in [5, 5.41) is 14.1. The molecule has 1 heterocycles. The van der Waals surface area contributed by atoms with E-state index in [1.165, 1.54) is 6.92 Å². The predicted octanol–water partition coefficient (Wildman–Crippen LogP) is 0.160. The minimum Gasteiger partial charge on any atom is -0.481 e. The molecule has 3 N–H and O–H groups in total. The molecule has 1 rings (SSSR count). The average molecular weight is 271 g/mol. The van der Waals surface area contributed by atoms with Gasteiger partial charge in [-0.15, -0.1) is 0 Å². The van der Waals surface area contributed by atoms with Crippen molar-refractivity contribution in [2.75, 3.05) is 13.1 Å². The normalized spacial score (nSPS) is 17.7. The molecule has 0 saturated carbocycles. The zero-order chi connectivity index (χ0) is 14.4. The summed E-state index contributed by atoms with van der Waals surface area (Å²) in [6.07, 6.45) is 1.36. The van der Waals surface area contributed by atoms with Gasteiger partial charge in [0.05, 0.1) is 6.42 Å². The van der Waals surface area contributed by atoms with Crippen molar-refractivity contribution in [3.8, 4) is 0 Å². The molecule has 0 radical (unpaired) electrons. The maximum absolute atomic E-state index is 11.9. The molecule has 19 heavy (non-hydrogen) atoms. The largest absolute Gasteiger partial charge is 0.481 e. The molecule has 7 nitrogen and oxygen atoms in total. The highest BCUT2D eigenvalue weighted by molar-refractivity contribution is 5.76. The lowest BCUT2D eigenvalue weighted by atomic mass is 10.1. The van der Waals surface area contributed by atoms with Crippen LogP contribution in [0.5, 0.6) is 0 Å². The molecule has 1 aliphatic rings. The van der Waals surface area contributed by atoms with Gasteiger partial charge in [-0.25, -0.2) is 4.79 Å². The molecule has 0 bridgehead atoms. The Kier molecular flexibility index (Phi) is 5.59. The first-order valence-electron chi connectivity index (χ1n) is 6.43. The molecule has 1 unspecified atom stereocenters. The third kappa shape index (κ3) is 5.58. The van der Waals surface area contributed by atoms with E-state index in [0.29, 0.717) is 13.1 Å². The number of carboxylic acids is 1. The first-order valence-corrected chi connectivity index (χ1v) is 6.43. The van der Waals surface area contributed by atoms with Crippen LogP contribution < -0.4 is 10.6 Å². The summed E-state index contributed by atoms with van der Waals surface area (Å²) in [6.45, 7) is 4.27. The van der Waals surface area contributed by atoms with Crippen molar-refractivity contribution in [2.45, 2.75) is 45.2 Å². The van der Waals surface area contributed by atoms with Gasteiger partial charge in [-0.2, -0.15) is 0 Å². The SMILES string of the molecule is CC(=O)NC1CCN(C(=O)NC(C)CC(=O)O)CC1. The molecular weight excluding hydrogens is 250 g/mol. The van der Waals surface area contributed by atoms with Crippen molar-refractivity contribution in [1.82, 2.24) is 15.5 Å². The quantitative estimate of drug-likeness (QED) is 0.678. The number of hydrogen-bond donors (Lipinski definition) is 3. The third-order valence-electron chi connectivity index (χ3n) is 3.04. The molecule has 0 aromatic heterocycles. The Hall–Kier alpha value is -1.79. The van der Waals surface area contributed by atoms with Gasteiger partial charge in [0.15, 0.2) is 0 Å². The first kappa shape index (κ1) is 15.3.